The summed E-state index contributed by atoms with van der Waals surface area (Å²) in [6.45, 7) is 6.70. The van der Waals surface area contributed by atoms with Crippen molar-refractivity contribution in [2.45, 2.75) is 33.4 Å². The van der Waals surface area contributed by atoms with Crippen LogP contribution in [0.5, 0.6) is 5.75 Å². The molecule has 4 aromatic rings. The second-order valence-corrected chi connectivity index (χ2v) is 7.21. The molecule has 0 aliphatic carbocycles. The third kappa shape index (κ3) is 3.85. The molecule has 3 aromatic heterocycles. The van der Waals surface area contributed by atoms with E-state index in [1.165, 1.54) is 0 Å². The van der Waals surface area contributed by atoms with Crippen LogP contribution in [0, 0.1) is 13.8 Å². The van der Waals surface area contributed by atoms with Crippen LogP contribution in [0.1, 0.15) is 18.3 Å². The minimum atomic E-state index is -0.0510. The molecule has 0 radical (unpaired) electrons. The smallest absolute Gasteiger partial charge is 0.160 e. The van der Waals surface area contributed by atoms with Gasteiger partial charge < -0.3 is 20.8 Å². The summed E-state index contributed by atoms with van der Waals surface area (Å²) >= 11 is 0. The molecule has 3 heterocycles. The monoisotopic (exact) mass is 388 g/mol. The molecule has 0 saturated heterocycles. The van der Waals surface area contributed by atoms with Crippen molar-refractivity contribution in [2.24, 2.45) is 0 Å². The zero-order chi connectivity index (χ0) is 20.5. The number of nitrogens with two attached hydrogens (primary N) is 2. The summed E-state index contributed by atoms with van der Waals surface area (Å²) in [5, 5.41) is 0. The Morgan fingerprint density at radius 1 is 0.966 bits per heavy atom. The summed E-state index contributed by atoms with van der Waals surface area (Å²) in [4.78, 5) is 13.5. The largest absolute Gasteiger partial charge is 0.489 e. The average Bonchev–Trinajstić information content (AvgIpc) is 2.97. The van der Waals surface area contributed by atoms with Crippen LogP contribution in [-0.2, 0) is 6.54 Å². The Balaban J connectivity index is 1.67. The lowest BCUT2D eigenvalue weighted by molar-refractivity contribution is 0.198. The number of aromatic nitrogens is 4. The molecule has 7 nitrogen and oxygen atoms in total. The first-order chi connectivity index (χ1) is 13.9. The van der Waals surface area contributed by atoms with E-state index in [1.54, 1.807) is 12.1 Å². The number of benzene rings is 1. The SMILES string of the molecule is Cc1ccccc1O[C@H](C)Cn1c(C)nc2ccc(-c3cc(N)nc(N)c3)nc21. The van der Waals surface area contributed by atoms with E-state index >= 15 is 0 Å². The number of hydrogen-bond donors (Lipinski definition) is 2. The zero-order valence-electron chi connectivity index (χ0n) is 16.8. The Labute approximate surface area is 169 Å². The maximum Gasteiger partial charge on any atom is 0.160 e. The molecular formula is C22H24N6O. The van der Waals surface area contributed by atoms with Gasteiger partial charge in [-0.3, -0.25) is 0 Å². The number of pyridine rings is 2. The fourth-order valence-electron chi connectivity index (χ4n) is 3.42. The normalized spacial score (nSPS) is 12.2. The standard InChI is InChI=1S/C22H24N6O/c1-13-6-4-5-7-19(13)29-14(2)12-28-15(3)25-18-9-8-17(26-22(18)28)16-10-20(23)27-21(24)11-16/h4-11,14H,12H2,1-3H3,(H4,23,24,27)/t14-/m1/s1. The molecule has 1 atom stereocenters. The van der Waals surface area contributed by atoms with Gasteiger partial charge in [0.15, 0.2) is 5.65 Å². The van der Waals surface area contributed by atoms with Gasteiger partial charge in [-0.1, -0.05) is 18.2 Å². The molecule has 4 N–H and O–H groups in total. The summed E-state index contributed by atoms with van der Waals surface area (Å²) in [6, 6.07) is 15.4. The highest BCUT2D eigenvalue weighted by Crippen LogP contribution is 2.25. The summed E-state index contributed by atoms with van der Waals surface area (Å²) in [7, 11) is 0. The topological polar surface area (TPSA) is 105 Å². The van der Waals surface area contributed by atoms with Crippen molar-refractivity contribution in [3.63, 3.8) is 0 Å². The summed E-state index contributed by atoms with van der Waals surface area (Å²) in [5.74, 6) is 2.51. The number of hydrogen-bond acceptors (Lipinski definition) is 6. The highest BCUT2D eigenvalue weighted by molar-refractivity contribution is 5.77. The molecule has 0 aliphatic heterocycles. The van der Waals surface area contributed by atoms with Crippen molar-refractivity contribution in [3.8, 4) is 17.0 Å². The van der Waals surface area contributed by atoms with Crippen molar-refractivity contribution >= 4 is 22.8 Å². The first kappa shape index (κ1) is 18.7. The molecule has 0 saturated carbocycles. The Morgan fingerprint density at radius 2 is 1.69 bits per heavy atom. The quantitative estimate of drug-likeness (QED) is 0.539. The molecule has 0 bridgehead atoms. The van der Waals surface area contributed by atoms with Gasteiger partial charge in [-0.2, -0.15) is 0 Å². The van der Waals surface area contributed by atoms with Gasteiger partial charge >= 0.3 is 0 Å². The fourth-order valence-corrected chi connectivity index (χ4v) is 3.42. The highest BCUT2D eigenvalue weighted by atomic mass is 16.5. The number of ether oxygens (including phenoxy) is 1. The molecule has 4 rings (SSSR count). The third-order valence-electron chi connectivity index (χ3n) is 4.81. The summed E-state index contributed by atoms with van der Waals surface area (Å²) in [6.07, 6.45) is -0.0510. The van der Waals surface area contributed by atoms with E-state index in [0.717, 1.165) is 39.6 Å². The van der Waals surface area contributed by atoms with Crippen molar-refractivity contribution in [1.82, 2.24) is 19.5 Å². The molecule has 0 amide bonds. The van der Waals surface area contributed by atoms with Gasteiger partial charge in [0.05, 0.1) is 12.2 Å². The molecule has 29 heavy (non-hydrogen) atoms. The van der Waals surface area contributed by atoms with Crippen LogP contribution in [-0.4, -0.2) is 25.6 Å². The van der Waals surface area contributed by atoms with Crippen molar-refractivity contribution in [3.05, 3.63) is 59.9 Å². The van der Waals surface area contributed by atoms with E-state index in [4.69, 9.17) is 21.2 Å². The number of nitrogens with zero attached hydrogens (tertiary/aromatic N) is 4. The lowest BCUT2D eigenvalue weighted by Crippen LogP contribution is -2.21. The van der Waals surface area contributed by atoms with Crippen LogP contribution >= 0.6 is 0 Å². The van der Waals surface area contributed by atoms with Gasteiger partial charge in [0.2, 0.25) is 0 Å². The van der Waals surface area contributed by atoms with Gasteiger partial charge in [-0.15, -0.1) is 0 Å². The van der Waals surface area contributed by atoms with Crippen LogP contribution in [0.2, 0.25) is 0 Å². The van der Waals surface area contributed by atoms with Gasteiger partial charge in [0.25, 0.3) is 0 Å². The lowest BCUT2D eigenvalue weighted by atomic mass is 10.1. The molecule has 1 aromatic carbocycles. The highest BCUT2D eigenvalue weighted by Gasteiger charge is 2.15. The van der Waals surface area contributed by atoms with E-state index in [1.807, 2.05) is 57.2 Å². The number of aryl methyl sites for hydroxylation is 2. The Kier molecular flexibility index (Phi) is 4.80. The number of rotatable bonds is 5. The summed E-state index contributed by atoms with van der Waals surface area (Å²) < 4.78 is 8.23. The third-order valence-corrected chi connectivity index (χ3v) is 4.81. The van der Waals surface area contributed by atoms with E-state index < -0.39 is 0 Å². The van der Waals surface area contributed by atoms with Gasteiger partial charge in [0, 0.05) is 5.56 Å². The lowest BCUT2D eigenvalue weighted by Gasteiger charge is -2.18. The van der Waals surface area contributed by atoms with Gasteiger partial charge in [0.1, 0.15) is 34.8 Å². The van der Waals surface area contributed by atoms with Crippen molar-refractivity contribution < 1.29 is 4.74 Å². The first-order valence-electron chi connectivity index (χ1n) is 9.50. The molecule has 148 valence electrons. The van der Waals surface area contributed by atoms with Gasteiger partial charge in [-0.25, -0.2) is 15.0 Å². The molecule has 0 spiro atoms. The molecule has 0 aliphatic rings. The Morgan fingerprint density at radius 3 is 2.41 bits per heavy atom. The fraction of sp³-hybridized carbons (Fsp3) is 0.227. The van der Waals surface area contributed by atoms with Crippen LogP contribution in [0.3, 0.4) is 0 Å². The second-order valence-electron chi connectivity index (χ2n) is 7.21. The zero-order valence-corrected chi connectivity index (χ0v) is 16.8. The van der Waals surface area contributed by atoms with E-state index in [-0.39, 0.29) is 6.10 Å². The van der Waals surface area contributed by atoms with E-state index in [2.05, 4.69) is 14.5 Å². The number of anilines is 2. The molecule has 7 heteroatoms. The minimum absolute atomic E-state index is 0.0510. The number of fused-ring (bicyclic) bond motifs is 1. The van der Waals surface area contributed by atoms with Crippen molar-refractivity contribution in [1.29, 1.82) is 0 Å². The van der Waals surface area contributed by atoms with E-state index in [0.29, 0.717) is 18.2 Å². The van der Waals surface area contributed by atoms with Gasteiger partial charge in [-0.05, 0) is 56.7 Å². The predicted molar refractivity (Wildman–Crippen MR) is 116 cm³/mol. The Hall–Kier alpha value is -3.61. The first-order valence-corrected chi connectivity index (χ1v) is 9.50. The maximum absolute atomic E-state index is 6.15. The van der Waals surface area contributed by atoms with E-state index in [9.17, 15) is 0 Å². The minimum Gasteiger partial charge on any atom is -0.489 e. The molecule has 0 fully saturated rings. The second kappa shape index (κ2) is 7.43. The van der Waals surface area contributed by atoms with Crippen LogP contribution in [0.4, 0.5) is 11.6 Å². The predicted octanol–water partition coefficient (Wildman–Crippen LogP) is 3.74. The number of imidazole rings is 1. The van der Waals surface area contributed by atoms with Crippen LogP contribution < -0.4 is 16.2 Å². The van der Waals surface area contributed by atoms with Crippen molar-refractivity contribution in [2.75, 3.05) is 11.5 Å². The molecule has 0 unspecified atom stereocenters. The molecular weight excluding hydrogens is 364 g/mol. The van der Waals surface area contributed by atoms with Crippen LogP contribution in [0.15, 0.2) is 48.5 Å². The number of para-hydroxylation sites is 1. The number of nitrogen functional groups attached to an aromatic ring is 2. The Bertz CT molecular complexity index is 1160. The van der Waals surface area contributed by atoms with Crippen LogP contribution in [0.25, 0.3) is 22.4 Å². The average molecular weight is 388 g/mol. The summed E-state index contributed by atoms with van der Waals surface area (Å²) in [5.41, 5.74) is 16.0. The maximum atomic E-state index is 6.15.